The Labute approximate surface area is 105 Å². The van der Waals surface area contributed by atoms with Crippen LogP contribution in [0.2, 0.25) is 5.02 Å². The molecule has 2 saturated heterocycles. The molecule has 1 aromatic rings. The summed E-state index contributed by atoms with van der Waals surface area (Å²) in [5.74, 6) is 1.41. The maximum absolute atomic E-state index is 6.17. The van der Waals surface area contributed by atoms with Gasteiger partial charge in [0.15, 0.2) is 5.82 Å². The lowest BCUT2D eigenvalue weighted by molar-refractivity contribution is 0.0302. The summed E-state index contributed by atoms with van der Waals surface area (Å²) in [7, 11) is 1.80. The number of halogens is 1. The van der Waals surface area contributed by atoms with Gasteiger partial charge in [0.2, 0.25) is 5.95 Å². The van der Waals surface area contributed by atoms with Gasteiger partial charge < -0.3 is 15.0 Å². The normalized spacial score (nSPS) is 27.3. The Morgan fingerprint density at radius 2 is 2.12 bits per heavy atom. The van der Waals surface area contributed by atoms with E-state index >= 15 is 0 Å². The molecule has 0 saturated carbocycles. The largest absolute Gasteiger partial charge is 0.371 e. The van der Waals surface area contributed by atoms with Crippen molar-refractivity contribution in [2.75, 3.05) is 30.4 Å². The highest BCUT2D eigenvalue weighted by molar-refractivity contribution is 6.32. The molecule has 0 radical (unpaired) electrons. The van der Waals surface area contributed by atoms with Crippen LogP contribution in [-0.4, -0.2) is 42.3 Å². The lowest BCUT2D eigenvalue weighted by atomic mass is 10.2. The van der Waals surface area contributed by atoms with E-state index in [1.54, 1.807) is 13.2 Å². The maximum atomic E-state index is 6.17. The fraction of sp³-hybridized carbons (Fsp3) is 0.636. The number of ether oxygens (including phenoxy) is 1. The number of nitrogens with zero attached hydrogens (tertiary/aromatic N) is 3. The highest BCUT2D eigenvalue weighted by Gasteiger charge is 2.34. The van der Waals surface area contributed by atoms with Gasteiger partial charge in [-0.15, -0.1) is 0 Å². The molecule has 2 aliphatic heterocycles. The standard InChI is InChI=1S/C11H15ClN4O/c1-13-11-14-4-9(12)10(15-11)16-5-7-2-3-8(6-16)17-7/h4,7-8H,2-3,5-6H2,1H3,(H,13,14,15). The van der Waals surface area contributed by atoms with Gasteiger partial charge in [0.25, 0.3) is 0 Å². The van der Waals surface area contributed by atoms with Crippen LogP contribution in [0.3, 0.4) is 0 Å². The molecule has 1 N–H and O–H groups in total. The Bertz CT molecular complexity index is 416. The summed E-state index contributed by atoms with van der Waals surface area (Å²) in [5, 5.41) is 3.54. The van der Waals surface area contributed by atoms with E-state index in [0.717, 1.165) is 31.7 Å². The molecule has 6 heteroatoms. The van der Waals surface area contributed by atoms with Crippen molar-refractivity contribution in [3.63, 3.8) is 0 Å². The van der Waals surface area contributed by atoms with Crippen LogP contribution in [0.4, 0.5) is 11.8 Å². The number of hydrogen-bond acceptors (Lipinski definition) is 5. The van der Waals surface area contributed by atoms with Crippen LogP contribution in [0.5, 0.6) is 0 Å². The van der Waals surface area contributed by atoms with Crippen molar-refractivity contribution >= 4 is 23.4 Å². The van der Waals surface area contributed by atoms with Crippen molar-refractivity contribution in [2.45, 2.75) is 25.0 Å². The van der Waals surface area contributed by atoms with E-state index in [2.05, 4.69) is 20.2 Å². The first-order valence-corrected chi connectivity index (χ1v) is 6.25. The van der Waals surface area contributed by atoms with Gasteiger partial charge >= 0.3 is 0 Å². The predicted octanol–water partition coefficient (Wildman–Crippen LogP) is 1.54. The maximum Gasteiger partial charge on any atom is 0.224 e. The molecule has 2 bridgehead atoms. The van der Waals surface area contributed by atoms with E-state index in [0.29, 0.717) is 23.2 Å². The van der Waals surface area contributed by atoms with Crippen LogP contribution >= 0.6 is 11.6 Å². The van der Waals surface area contributed by atoms with E-state index in [9.17, 15) is 0 Å². The highest BCUT2D eigenvalue weighted by atomic mass is 35.5. The SMILES string of the molecule is CNc1ncc(Cl)c(N2CC3CCC(C2)O3)n1. The number of rotatable bonds is 2. The van der Waals surface area contributed by atoms with Gasteiger partial charge in [0, 0.05) is 20.1 Å². The quantitative estimate of drug-likeness (QED) is 0.868. The average Bonchev–Trinajstić information content (AvgIpc) is 2.69. The van der Waals surface area contributed by atoms with Gasteiger partial charge in [-0.25, -0.2) is 4.98 Å². The van der Waals surface area contributed by atoms with E-state index in [1.807, 2.05) is 0 Å². The summed E-state index contributed by atoms with van der Waals surface area (Å²) in [6.45, 7) is 1.74. The molecule has 2 aliphatic rings. The van der Waals surface area contributed by atoms with Gasteiger partial charge in [-0.2, -0.15) is 4.98 Å². The van der Waals surface area contributed by atoms with Crippen molar-refractivity contribution < 1.29 is 4.74 Å². The number of aromatic nitrogens is 2. The van der Waals surface area contributed by atoms with Crippen molar-refractivity contribution in [2.24, 2.45) is 0 Å². The molecule has 2 unspecified atom stereocenters. The summed E-state index contributed by atoms with van der Waals surface area (Å²) >= 11 is 6.17. The van der Waals surface area contributed by atoms with Crippen LogP contribution in [-0.2, 0) is 4.74 Å². The van der Waals surface area contributed by atoms with E-state index < -0.39 is 0 Å². The monoisotopic (exact) mass is 254 g/mol. The molecule has 2 fully saturated rings. The summed E-state index contributed by atoms with van der Waals surface area (Å²) < 4.78 is 5.80. The topological polar surface area (TPSA) is 50.3 Å². The second-order valence-corrected chi connectivity index (χ2v) is 4.88. The summed E-state index contributed by atoms with van der Waals surface area (Å²) in [5.41, 5.74) is 0. The molecule has 0 amide bonds. The third kappa shape index (κ3) is 2.05. The fourth-order valence-corrected chi connectivity index (χ4v) is 2.70. The number of nitrogens with one attached hydrogen (secondary N) is 1. The van der Waals surface area contributed by atoms with Gasteiger partial charge in [-0.05, 0) is 12.8 Å². The molecule has 5 nitrogen and oxygen atoms in total. The number of fused-ring (bicyclic) bond motifs is 2. The smallest absolute Gasteiger partial charge is 0.224 e. The van der Waals surface area contributed by atoms with E-state index in [-0.39, 0.29) is 0 Å². The highest BCUT2D eigenvalue weighted by Crippen LogP contribution is 2.32. The zero-order valence-corrected chi connectivity index (χ0v) is 10.4. The van der Waals surface area contributed by atoms with E-state index in [4.69, 9.17) is 16.3 Å². The third-order valence-corrected chi connectivity index (χ3v) is 3.56. The minimum Gasteiger partial charge on any atom is -0.371 e. The van der Waals surface area contributed by atoms with Crippen molar-refractivity contribution in [1.82, 2.24) is 9.97 Å². The molecule has 0 aromatic carbocycles. The lowest BCUT2D eigenvalue weighted by Gasteiger charge is -2.33. The molecule has 3 rings (SSSR count). The minimum absolute atomic E-state index is 0.331. The first-order valence-electron chi connectivity index (χ1n) is 5.87. The second-order valence-electron chi connectivity index (χ2n) is 4.48. The van der Waals surface area contributed by atoms with Crippen LogP contribution < -0.4 is 10.2 Å². The zero-order valence-electron chi connectivity index (χ0n) is 9.69. The molecule has 1 aromatic heterocycles. The fourth-order valence-electron chi connectivity index (χ4n) is 2.49. The molecular formula is C11H15ClN4O. The van der Waals surface area contributed by atoms with Crippen LogP contribution in [0.25, 0.3) is 0 Å². The van der Waals surface area contributed by atoms with Crippen molar-refractivity contribution in [1.29, 1.82) is 0 Å². The molecule has 0 spiro atoms. The van der Waals surface area contributed by atoms with Crippen LogP contribution in [0, 0.1) is 0 Å². The molecule has 0 aliphatic carbocycles. The Morgan fingerprint density at radius 3 is 2.76 bits per heavy atom. The van der Waals surface area contributed by atoms with Gasteiger partial charge in [-0.3, -0.25) is 0 Å². The van der Waals surface area contributed by atoms with E-state index in [1.165, 1.54) is 0 Å². The zero-order chi connectivity index (χ0) is 11.8. The number of morpholine rings is 1. The Kier molecular flexibility index (Phi) is 2.80. The van der Waals surface area contributed by atoms with Crippen LogP contribution in [0.1, 0.15) is 12.8 Å². The minimum atomic E-state index is 0.331. The second kappa shape index (κ2) is 4.31. The van der Waals surface area contributed by atoms with Crippen LogP contribution in [0.15, 0.2) is 6.20 Å². The predicted molar refractivity (Wildman–Crippen MR) is 66.7 cm³/mol. The lowest BCUT2D eigenvalue weighted by Crippen LogP contribution is -2.43. The Morgan fingerprint density at radius 1 is 1.41 bits per heavy atom. The first kappa shape index (κ1) is 11.0. The number of hydrogen-bond donors (Lipinski definition) is 1. The van der Waals surface area contributed by atoms with Crippen molar-refractivity contribution in [3.05, 3.63) is 11.2 Å². The van der Waals surface area contributed by atoms with Gasteiger partial charge in [0.1, 0.15) is 5.02 Å². The Balaban J connectivity index is 1.88. The van der Waals surface area contributed by atoms with Crippen molar-refractivity contribution in [3.8, 4) is 0 Å². The molecule has 3 heterocycles. The summed E-state index contributed by atoms with van der Waals surface area (Å²) in [4.78, 5) is 10.7. The average molecular weight is 255 g/mol. The summed E-state index contributed by atoms with van der Waals surface area (Å²) in [6, 6.07) is 0. The molecular weight excluding hydrogens is 240 g/mol. The van der Waals surface area contributed by atoms with Gasteiger partial charge in [-0.1, -0.05) is 11.6 Å². The van der Waals surface area contributed by atoms with Gasteiger partial charge in [0.05, 0.1) is 18.4 Å². The molecule has 17 heavy (non-hydrogen) atoms. The molecule has 2 atom stereocenters. The third-order valence-electron chi connectivity index (χ3n) is 3.29. The summed E-state index contributed by atoms with van der Waals surface area (Å²) in [6.07, 6.45) is 4.59. The Hall–Kier alpha value is -1.07. The molecule has 92 valence electrons. The first-order chi connectivity index (χ1) is 8.26. The number of anilines is 2.